The van der Waals surface area contributed by atoms with Gasteiger partial charge >= 0.3 is 6.18 Å². The van der Waals surface area contributed by atoms with E-state index in [9.17, 15) is 18.0 Å². The van der Waals surface area contributed by atoms with Gasteiger partial charge in [-0.05, 0) is 36.6 Å². The van der Waals surface area contributed by atoms with Crippen molar-refractivity contribution in [3.8, 4) is 0 Å². The largest absolute Gasteiger partial charge is 0.416 e. The Morgan fingerprint density at radius 2 is 1.86 bits per heavy atom. The van der Waals surface area contributed by atoms with Gasteiger partial charge in [0.2, 0.25) is 5.91 Å². The van der Waals surface area contributed by atoms with Crippen molar-refractivity contribution in [3.05, 3.63) is 65.2 Å². The minimum Gasteiger partial charge on any atom is -0.378 e. The Balaban J connectivity index is 1.33. The zero-order valence-corrected chi connectivity index (χ0v) is 19.5. The van der Waals surface area contributed by atoms with Gasteiger partial charge in [-0.25, -0.2) is 0 Å². The second-order valence-electron chi connectivity index (χ2n) is 9.58. The van der Waals surface area contributed by atoms with Crippen LogP contribution in [0.1, 0.15) is 41.7 Å². The minimum absolute atomic E-state index is 0.0128. The third kappa shape index (κ3) is 5.47. The van der Waals surface area contributed by atoms with Gasteiger partial charge < -0.3 is 20.7 Å². The lowest BCUT2D eigenvalue weighted by molar-refractivity contribution is -0.138. The van der Waals surface area contributed by atoms with Gasteiger partial charge in [0.25, 0.3) is 0 Å². The third-order valence-electron chi connectivity index (χ3n) is 7.24. The molecule has 0 bridgehead atoms. The molecular formula is C26H31F3N4O2. The molecule has 2 aromatic carbocycles. The smallest absolute Gasteiger partial charge is 0.378 e. The third-order valence-corrected chi connectivity index (χ3v) is 7.24. The number of fused-ring (bicyclic) bond motifs is 3. The summed E-state index contributed by atoms with van der Waals surface area (Å²) in [6.45, 7) is 4.12. The van der Waals surface area contributed by atoms with Crippen LogP contribution in [0.5, 0.6) is 0 Å². The molecule has 5 rings (SSSR count). The molecule has 35 heavy (non-hydrogen) atoms. The predicted molar refractivity (Wildman–Crippen MR) is 127 cm³/mol. The molecule has 0 aliphatic carbocycles. The summed E-state index contributed by atoms with van der Waals surface area (Å²) in [4.78, 5) is 14.6. The summed E-state index contributed by atoms with van der Waals surface area (Å²) in [6, 6.07) is 13.7. The number of amides is 1. The number of nitrogens with one attached hydrogen (secondary N) is 3. The maximum Gasteiger partial charge on any atom is 0.416 e. The summed E-state index contributed by atoms with van der Waals surface area (Å²) in [6.07, 6.45) is -3.64. The fraction of sp³-hybridized carbons (Fsp3) is 0.500. The van der Waals surface area contributed by atoms with E-state index < -0.39 is 17.8 Å². The van der Waals surface area contributed by atoms with Gasteiger partial charge in [-0.15, -0.1) is 0 Å². The average Bonchev–Trinajstić information content (AvgIpc) is 2.87. The number of benzene rings is 2. The summed E-state index contributed by atoms with van der Waals surface area (Å²) in [5, 5.41) is 9.72. The van der Waals surface area contributed by atoms with E-state index in [1.54, 1.807) is 0 Å². The lowest BCUT2D eigenvalue weighted by Crippen LogP contribution is -2.49. The van der Waals surface area contributed by atoms with Crippen molar-refractivity contribution >= 4 is 11.6 Å². The SMILES string of the molecule is O=C(CN1CCNCC1)NC[C@H]1CC[C@@H]2[C@H](O1)c1cc(C(F)(F)F)ccc1N[C@H]2c1ccccc1. The van der Waals surface area contributed by atoms with E-state index in [4.69, 9.17) is 4.74 Å². The number of halogens is 3. The first kappa shape index (κ1) is 24.1. The molecule has 0 radical (unpaired) electrons. The van der Waals surface area contributed by atoms with Crippen molar-refractivity contribution in [1.82, 2.24) is 15.5 Å². The van der Waals surface area contributed by atoms with E-state index in [-0.39, 0.29) is 24.0 Å². The highest BCUT2D eigenvalue weighted by Crippen LogP contribution is 2.51. The number of carbonyl (C=O) groups excluding carboxylic acids is 1. The van der Waals surface area contributed by atoms with E-state index in [2.05, 4.69) is 20.9 Å². The van der Waals surface area contributed by atoms with Crippen molar-refractivity contribution in [3.63, 3.8) is 0 Å². The van der Waals surface area contributed by atoms with Crippen LogP contribution in [0, 0.1) is 5.92 Å². The molecule has 3 aliphatic heterocycles. The summed E-state index contributed by atoms with van der Waals surface area (Å²) in [5.41, 5.74) is 1.61. The number of carbonyl (C=O) groups is 1. The zero-order chi connectivity index (χ0) is 24.4. The number of hydrogen-bond donors (Lipinski definition) is 3. The number of rotatable bonds is 5. The molecular weight excluding hydrogens is 457 g/mol. The summed E-state index contributed by atoms with van der Waals surface area (Å²) in [7, 11) is 0. The van der Waals surface area contributed by atoms with Gasteiger partial charge in [0.05, 0.1) is 30.4 Å². The topological polar surface area (TPSA) is 65.6 Å². The maximum atomic E-state index is 13.5. The van der Waals surface area contributed by atoms with Crippen LogP contribution in [0.4, 0.5) is 18.9 Å². The molecule has 0 spiro atoms. The van der Waals surface area contributed by atoms with E-state index >= 15 is 0 Å². The van der Waals surface area contributed by atoms with Crippen molar-refractivity contribution in [1.29, 1.82) is 0 Å². The Labute approximate surface area is 203 Å². The van der Waals surface area contributed by atoms with Crippen molar-refractivity contribution in [2.24, 2.45) is 5.92 Å². The van der Waals surface area contributed by atoms with Crippen LogP contribution in [0.25, 0.3) is 0 Å². The molecule has 4 atom stereocenters. The van der Waals surface area contributed by atoms with E-state index in [0.29, 0.717) is 24.3 Å². The Morgan fingerprint density at radius 1 is 1.09 bits per heavy atom. The van der Waals surface area contributed by atoms with Crippen molar-refractivity contribution in [2.45, 2.75) is 37.3 Å². The summed E-state index contributed by atoms with van der Waals surface area (Å²) in [5.74, 6) is -0.0639. The van der Waals surface area contributed by atoms with Crippen LogP contribution in [0.2, 0.25) is 0 Å². The van der Waals surface area contributed by atoms with E-state index in [1.807, 2.05) is 30.3 Å². The molecule has 1 amide bonds. The monoisotopic (exact) mass is 488 g/mol. The van der Waals surface area contributed by atoms with Gasteiger partial charge in [-0.2, -0.15) is 13.2 Å². The highest BCUT2D eigenvalue weighted by atomic mass is 19.4. The molecule has 2 saturated heterocycles. The number of ether oxygens (including phenoxy) is 1. The predicted octanol–water partition coefficient (Wildman–Crippen LogP) is 3.73. The zero-order valence-electron chi connectivity index (χ0n) is 19.5. The average molecular weight is 489 g/mol. The van der Waals surface area contributed by atoms with Crippen LogP contribution in [0.15, 0.2) is 48.5 Å². The molecule has 6 nitrogen and oxygen atoms in total. The normalized spacial score (nSPS) is 26.8. The number of alkyl halides is 3. The lowest BCUT2D eigenvalue weighted by Gasteiger charge is -2.46. The first-order valence-corrected chi connectivity index (χ1v) is 12.3. The Bertz CT molecular complexity index is 1030. The molecule has 0 unspecified atom stereocenters. The first-order valence-electron chi connectivity index (χ1n) is 12.3. The van der Waals surface area contributed by atoms with Gasteiger partial charge in [0.1, 0.15) is 0 Å². The standard InChI is InChI=1S/C26H31F3N4O2/c27-26(28,29)18-6-9-22-21(14-18)25-20(24(32-22)17-4-2-1-3-5-17)8-7-19(35-25)15-31-23(34)16-33-12-10-30-11-13-33/h1-6,9,14,19-20,24-25,30,32H,7-8,10-13,15-16H2,(H,31,34)/t19-,20+,24+,25+/m1/s1. The first-order chi connectivity index (χ1) is 16.9. The molecule has 188 valence electrons. The molecule has 0 aromatic heterocycles. The lowest BCUT2D eigenvalue weighted by atomic mass is 9.76. The van der Waals surface area contributed by atoms with E-state index in [0.717, 1.165) is 50.7 Å². The second kappa shape index (κ2) is 10.2. The number of piperazine rings is 1. The van der Waals surface area contributed by atoms with E-state index in [1.165, 1.54) is 12.1 Å². The van der Waals surface area contributed by atoms with Gasteiger partial charge in [-0.1, -0.05) is 30.3 Å². The Kier molecular flexibility index (Phi) is 7.00. The summed E-state index contributed by atoms with van der Waals surface area (Å²) < 4.78 is 46.9. The van der Waals surface area contributed by atoms with Crippen LogP contribution < -0.4 is 16.0 Å². The maximum absolute atomic E-state index is 13.5. The van der Waals surface area contributed by atoms with Crippen LogP contribution >= 0.6 is 0 Å². The highest BCUT2D eigenvalue weighted by molar-refractivity contribution is 5.78. The second-order valence-corrected chi connectivity index (χ2v) is 9.58. The molecule has 0 saturated carbocycles. The molecule has 9 heteroatoms. The number of nitrogens with zero attached hydrogens (tertiary/aromatic N) is 1. The van der Waals surface area contributed by atoms with Crippen molar-refractivity contribution < 1.29 is 22.7 Å². The molecule has 2 fully saturated rings. The summed E-state index contributed by atoms with van der Waals surface area (Å²) >= 11 is 0. The number of hydrogen-bond acceptors (Lipinski definition) is 5. The fourth-order valence-corrected chi connectivity index (χ4v) is 5.43. The minimum atomic E-state index is -4.42. The van der Waals surface area contributed by atoms with Gasteiger partial charge in [0, 0.05) is 49.9 Å². The molecule has 3 N–H and O–H groups in total. The van der Waals surface area contributed by atoms with Crippen LogP contribution in [0.3, 0.4) is 0 Å². The van der Waals surface area contributed by atoms with Crippen LogP contribution in [-0.2, 0) is 15.7 Å². The Morgan fingerprint density at radius 3 is 2.60 bits per heavy atom. The van der Waals surface area contributed by atoms with Gasteiger partial charge in [-0.3, -0.25) is 9.69 Å². The quantitative estimate of drug-likeness (QED) is 0.599. The highest BCUT2D eigenvalue weighted by Gasteiger charge is 2.43. The molecule has 3 aliphatic rings. The molecule has 3 heterocycles. The molecule has 2 aromatic rings. The Hall–Kier alpha value is -2.62. The van der Waals surface area contributed by atoms with Gasteiger partial charge in [0.15, 0.2) is 0 Å². The number of anilines is 1. The van der Waals surface area contributed by atoms with Crippen molar-refractivity contribution in [2.75, 3.05) is 44.6 Å². The fourth-order valence-electron chi connectivity index (χ4n) is 5.43. The van der Waals surface area contributed by atoms with Crippen LogP contribution in [-0.4, -0.2) is 56.2 Å².